The molecule has 21 heavy (non-hydrogen) atoms. The molecule has 1 N–H and O–H groups in total. The fraction of sp³-hybridized carbons (Fsp3) is 0.375. The molecule has 1 saturated heterocycles. The molecule has 110 valence electrons. The van der Waals surface area contributed by atoms with Crippen LogP contribution in [0, 0.1) is 18.7 Å². The Morgan fingerprint density at radius 1 is 1.43 bits per heavy atom. The molecule has 4 nitrogen and oxygen atoms in total. The first-order chi connectivity index (χ1) is 10.2. The van der Waals surface area contributed by atoms with Crippen molar-refractivity contribution >= 4 is 6.08 Å². The van der Waals surface area contributed by atoms with Crippen LogP contribution in [0.1, 0.15) is 24.3 Å². The van der Waals surface area contributed by atoms with E-state index in [1.807, 2.05) is 13.0 Å². The number of nitrogens with zero attached hydrogens (tertiary/aromatic N) is 2. The molecule has 1 unspecified atom stereocenters. The highest BCUT2D eigenvalue weighted by Gasteiger charge is 2.12. The van der Waals surface area contributed by atoms with E-state index in [1.54, 1.807) is 6.07 Å². The fourth-order valence-corrected chi connectivity index (χ4v) is 2.51. The van der Waals surface area contributed by atoms with Crippen LogP contribution < -0.4 is 5.32 Å². The lowest BCUT2D eigenvalue weighted by molar-refractivity contribution is 0.409. The van der Waals surface area contributed by atoms with Gasteiger partial charge in [-0.1, -0.05) is 17.3 Å². The van der Waals surface area contributed by atoms with Gasteiger partial charge in [0.25, 0.3) is 5.89 Å². The number of piperidine rings is 1. The van der Waals surface area contributed by atoms with Gasteiger partial charge in [0, 0.05) is 12.1 Å². The summed E-state index contributed by atoms with van der Waals surface area (Å²) in [6.07, 6.45) is 6.31. The van der Waals surface area contributed by atoms with Crippen LogP contribution in [-0.4, -0.2) is 23.2 Å². The Labute approximate surface area is 123 Å². The van der Waals surface area contributed by atoms with Gasteiger partial charge in [-0.15, -0.1) is 0 Å². The molecule has 1 fully saturated rings. The maximum Gasteiger partial charge on any atom is 0.250 e. The van der Waals surface area contributed by atoms with Gasteiger partial charge in [-0.05, 0) is 56.0 Å². The molecule has 0 aliphatic carbocycles. The van der Waals surface area contributed by atoms with Crippen molar-refractivity contribution in [2.45, 2.75) is 19.8 Å². The molecule has 1 aliphatic rings. The summed E-state index contributed by atoms with van der Waals surface area (Å²) in [5, 5.41) is 7.29. The molecule has 0 radical (unpaired) electrons. The summed E-state index contributed by atoms with van der Waals surface area (Å²) in [6.45, 7) is 3.97. The summed E-state index contributed by atoms with van der Waals surface area (Å²) in [4.78, 5) is 4.32. The quantitative estimate of drug-likeness (QED) is 0.942. The number of hydrogen-bond donors (Lipinski definition) is 1. The number of halogens is 1. The predicted octanol–water partition coefficient (Wildman–Crippen LogP) is 3.20. The molecule has 5 heteroatoms. The topological polar surface area (TPSA) is 51.0 Å². The number of nitrogens with one attached hydrogen (secondary N) is 1. The van der Waals surface area contributed by atoms with Crippen molar-refractivity contribution in [3.63, 3.8) is 0 Å². The molecule has 1 aromatic carbocycles. The lowest BCUT2D eigenvalue weighted by atomic mass is 9.99. The first-order valence-corrected chi connectivity index (χ1v) is 7.21. The Bertz CT molecular complexity index is 645. The van der Waals surface area contributed by atoms with E-state index < -0.39 is 0 Å². The van der Waals surface area contributed by atoms with Crippen molar-refractivity contribution < 1.29 is 8.91 Å². The minimum atomic E-state index is -0.300. The van der Waals surface area contributed by atoms with Crippen LogP contribution in [0.25, 0.3) is 17.5 Å². The third-order valence-corrected chi connectivity index (χ3v) is 3.73. The summed E-state index contributed by atoms with van der Waals surface area (Å²) >= 11 is 0. The summed E-state index contributed by atoms with van der Waals surface area (Å²) < 4.78 is 18.5. The minimum Gasteiger partial charge on any atom is -0.334 e. The molecular formula is C16H18FN3O. The second kappa shape index (κ2) is 6.18. The predicted molar refractivity (Wildman–Crippen MR) is 79.1 cm³/mol. The fourth-order valence-electron chi connectivity index (χ4n) is 2.51. The second-order valence-electron chi connectivity index (χ2n) is 5.38. The first-order valence-electron chi connectivity index (χ1n) is 7.21. The zero-order valence-corrected chi connectivity index (χ0v) is 12.0. The van der Waals surface area contributed by atoms with Crippen LogP contribution in [0.15, 0.2) is 28.8 Å². The Kier molecular flexibility index (Phi) is 4.10. The number of aryl methyl sites for hydroxylation is 1. The molecule has 0 spiro atoms. The highest BCUT2D eigenvalue weighted by molar-refractivity contribution is 5.60. The van der Waals surface area contributed by atoms with E-state index in [2.05, 4.69) is 21.5 Å². The van der Waals surface area contributed by atoms with Gasteiger partial charge in [0.1, 0.15) is 5.82 Å². The van der Waals surface area contributed by atoms with Gasteiger partial charge in [-0.2, -0.15) is 4.98 Å². The van der Waals surface area contributed by atoms with Crippen LogP contribution in [0.4, 0.5) is 4.39 Å². The lowest BCUT2D eigenvalue weighted by Gasteiger charge is -2.18. The van der Waals surface area contributed by atoms with Gasteiger partial charge in [-0.25, -0.2) is 4.39 Å². The van der Waals surface area contributed by atoms with Gasteiger partial charge in [0.2, 0.25) is 5.82 Å². The molecule has 0 amide bonds. The average Bonchev–Trinajstić information content (AvgIpc) is 2.97. The standard InChI is InChI=1S/C16H18FN3O/c1-11-4-6-13(17)9-14(11)16-19-15(21-20-16)7-5-12-3-2-8-18-10-12/h4-7,9,12,18H,2-3,8,10H2,1H3. The SMILES string of the molecule is Cc1ccc(F)cc1-c1noc(C=CC2CCCNC2)n1. The number of hydrogen-bond acceptors (Lipinski definition) is 4. The minimum absolute atomic E-state index is 0.300. The van der Waals surface area contributed by atoms with Crippen molar-refractivity contribution in [2.75, 3.05) is 13.1 Å². The van der Waals surface area contributed by atoms with E-state index in [4.69, 9.17) is 4.52 Å². The maximum absolute atomic E-state index is 13.3. The highest BCUT2D eigenvalue weighted by Crippen LogP contribution is 2.22. The summed E-state index contributed by atoms with van der Waals surface area (Å²) in [6, 6.07) is 4.57. The van der Waals surface area contributed by atoms with Crippen LogP contribution in [0.5, 0.6) is 0 Å². The zero-order valence-electron chi connectivity index (χ0n) is 12.0. The Morgan fingerprint density at radius 3 is 3.14 bits per heavy atom. The van der Waals surface area contributed by atoms with Crippen LogP contribution >= 0.6 is 0 Å². The molecule has 2 heterocycles. The van der Waals surface area contributed by atoms with Gasteiger partial charge in [-0.3, -0.25) is 0 Å². The molecule has 2 aromatic rings. The van der Waals surface area contributed by atoms with E-state index in [9.17, 15) is 4.39 Å². The van der Waals surface area contributed by atoms with E-state index >= 15 is 0 Å². The molecule has 1 aromatic heterocycles. The van der Waals surface area contributed by atoms with E-state index in [-0.39, 0.29) is 5.82 Å². The first kappa shape index (κ1) is 13.9. The Balaban J connectivity index is 1.76. The molecule has 1 atom stereocenters. The smallest absolute Gasteiger partial charge is 0.250 e. The van der Waals surface area contributed by atoms with Gasteiger partial charge >= 0.3 is 0 Å². The van der Waals surface area contributed by atoms with Crippen molar-refractivity contribution in [3.8, 4) is 11.4 Å². The Hall–Kier alpha value is -2.01. The van der Waals surface area contributed by atoms with Gasteiger partial charge in [0.15, 0.2) is 0 Å². The monoisotopic (exact) mass is 287 g/mol. The van der Waals surface area contributed by atoms with Crippen LogP contribution in [0.2, 0.25) is 0 Å². The van der Waals surface area contributed by atoms with E-state index in [1.165, 1.54) is 25.0 Å². The van der Waals surface area contributed by atoms with Crippen molar-refractivity contribution in [1.82, 2.24) is 15.5 Å². The van der Waals surface area contributed by atoms with Crippen LogP contribution in [0.3, 0.4) is 0 Å². The highest BCUT2D eigenvalue weighted by atomic mass is 19.1. The Morgan fingerprint density at radius 2 is 2.33 bits per heavy atom. The second-order valence-corrected chi connectivity index (χ2v) is 5.38. The van der Waals surface area contributed by atoms with E-state index in [0.29, 0.717) is 23.2 Å². The molecular weight excluding hydrogens is 269 g/mol. The zero-order chi connectivity index (χ0) is 14.7. The van der Waals surface area contributed by atoms with Gasteiger partial charge < -0.3 is 9.84 Å². The third-order valence-electron chi connectivity index (χ3n) is 3.73. The van der Waals surface area contributed by atoms with Gasteiger partial charge in [0.05, 0.1) is 0 Å². The van der Waals surface area contributed by atoms with Crippen molar-refractivity contribution in [3.05, 3.63) is 41.5 Å². The molecule has 3 rings (SSSR count). The van der Waals surface area contributed by atoms with Crippen molar-refractivity contribution in [2.24, 2.45) is 5.92 Å². The molecule has 1 aliphatic heterocycles. The number of rotatable bonds is 3. The molecule has 0 saturated carbocycles. The average molecular weight is 287 g/mol. The third kappa shape index (κ3) is 3.36. The molecule has 0 bridgehead atoms. The summed E-state index contributed by atoms with van der Waals surface area (Å²) in [7, 11) is 0. The van der Waals surface area contributed by atoms with Crippen molar-refractivity contribution in [1.29, 1.82) is 0 Å². The summed E-state index contributed by atoms with van der Waals surface area (Å²) in [5.41, 5.74) is 1.59. The van der Waals surface area contributed by atoms with E-state index in [0.717, 1.165) is 18.7 Å². The largest absolute Gasteiger partial charge is 0.334 e. The normalized spacial score (nSPS) is 19.2. The van der Waals surface area contributed by atoms with Crippen LogP contribution in [-0.2, 0) is 0 Å². The number of aromatic nitrogens is 2. The summed E-state index contributed by atoms with van der Waals surface area (Å²) in [5.74, 6) is 1.09. The lowest BCUT2D eigenvalue weighted by Crippen LogP contribution is -2.28. The maximum atomic E-state index is 13.3. The number of benzene rings is 1.